The molecular formula is C25H27N3O5. The molecule has 8 nitrogen and oxygen atoms in total. The Morgan fingerprint density at radius 1 is 1.09 bits per heavy atom. The van der Waals surface area contributed by atoms with E-state index >= 15 is 0 Å². The van der Waals surface area contributed by atoms with Crippen LogP contribution in [0, 0.1) is 0 Å². The number of carbonyl (C=O) groups is 4. The standard InChI is InChI=1S/C25H27N3O5/c1-18(29)27-21(16-20-10-6-3-7-11-20)25(32)28-14-13-26-24(31)22(28)17-23(30)33-15-12-19-8-4-2-5-9-19/h2-11,16,22H,12-15,17H2,1H3,(H,26,31)(H,27,29). The van der Waals surface area contributed by atoms with Crippen molar-refractivity contribution in [1.29, 1.82) is 0 Å². The second kappa shape index (κ2) is 11.6. The lowest BCUT2D eigenvalue weighted by atomic mass is 10.1. The average Bonchev–Trinajstić information content (AvgIpc) is 2.80. The molecule has 0 radical (unpaired) electrons. The number of hydrogen-bond donors (Lipinski definition) is 2. The lowest BCUT2D eigenvalue weighted by Gasteiger charge is -2.35. The average molecular weight is 450 g/mol. The summed E-state index contributed by atoms with van der Waals surface area (Å²) >= 11 is 0. The molecule has 1 saturated heterocycles. The quantitative estimate of drug-likeness (QED) is 0.471. The van der Waals surface area contributed by atoms with E-state index in [0.717, 1.165) is 5.56 Å². The summed E-state index contributed by atoms with van der Waals surface area (Å²) < 4.78 is 5.30. The Kier molecular flexibility index (Phi) is 8.35. The minimum atomic E-state index is -1.02. The molecule has 2 aromatic rings. The van der Waals surface area contributed by atoms with Crippen LogP contribution in [0.3, 0.4) is 0 Å². The van der Waals surface area contributed by atoms with Crippen molar-refractivity contribution in [2.75, 3.05) is 19.7 Å². The first-order chi connectivity index (χ1) is 15.9. The summed E-state index contributed by atoms with van der Waals surface area (Å²) in [5.74, 6) is -1.95. The number of nitrogens with zero attached hydrogens (tertiary/aromatic N) is 1. The molecule has 8 heteroatoms. The van der Waals surface area contributed by atoms with E-state index in [-0.39, 0.29) is 31.8 Å². The lowest BCUT2D eigenvalue weighted by molar-refractivity contribution is -0.151. The fourth-order valence-corrected chi connectivity index (χ4v) is 3.52. The van der Waals surface area contributed by atoms with E-state index in [0.29, 0.717) is 12.0 Å². The predicted molar refractivity (Wildman–Crippen MR) is 122 cm³/mol. The molecule has 0 aromatic heterocycles. The number of carbonyl (C=O) groups excluding carboxylic acids is 4. The van der Waals surface area contributed by atoms with Crippen LogP contribution < -0.4 is 10.6 Å². The second-order valence-electron chi connectivity index (χ2n) is 7.62. The van der Waals surface area contributed by atoms with Crippen molar-refractivity contribution in [2.24, 2.45) is 0 Å². The van der Waals surface area contributed by atoms with Crippen LogP contribution in [-0.4, -0.2) is 54.3 Å². The Balaban J connectivity index is 1.70. The molecular weight excluding hydrogens is 422 g/mol. The molecule has 1 heterocycles. The van der Waals surface area contributed by atoms with Crippen molar-refractivity contribution in [2.45, 2.75) is 25.8 Å². The summed E-state index contributed by atoms with van der Waals surface area (Å²) in [6.45, 7) is 1.94. The van der Waals surface area contributed by atoms with E-state index in [1.54, 1.807) is 18.2 Å². The van der Waals surface area contributed by atoms with Gasteiger partial charge in [-0.1, -0.05) is 60.7 Å². The fourth-order valence-electron chi connectivity index (χ4n) is 3.52. The van der Waals surface area contributed by atoms with Gasteiger partial charge < -0.3 is 20.3 Å². The number of hydrogen-bond acceptors (Lipinski definition) is 5. The van der Waals surface area contributed by atoms with Crippen LogP contribution in [0.2, 0.25) is 0 Å². The molecule has 0 aliphatic carbocycles. The summed E-state index contributed by atoms with van der Waals surface area (Å²) in [5, 5.41) is 5.24. The highest BCUT2D eigenvalue weighted by molar-refractivity contribution is 6.03. The molecule has 33 heavy (non-hydrogen) atoms. The van der Waals surface area contributed by atoms with Crippen LogP contribution in [0.5, 0.6) is 0 Å². The van der Waals surface area contributed by atoms with E-state index < -0.39 is 29.7 Å². The Hall–Kier alpha value is -3.94. The molecule has 1 aliphatic heterocycles. The number of ether oxygens (including phenoxy) is 1. The number of nitrogens with one attached hydrogen (secondary N) is 2. The molecule has 1 unspecified atom stereocenters. The first-order valence-corrected chi connectivity index (χ1v) is 10.8. The van der Waals surface area contributed by atoms with Gasteiger partial charge >= 0.3 is 5.97 Å². The molecule has 172 valence electrons. The van der Waals surface area contributed by atoms with Gasteiger partial charge in [-0.25, -0.2) is 0 Å². The molecule has 3 rings (SSSR count). The van der Waals surface area contributed by atoms with Gasteiger partial charge in [0.2, 0.25) is 11.8 Å². The van der Waals surface area contributed by atoms with Crippen LogP contribution >= 0.6 is 0 Å². The zero-order chi connectivity index (χ0) is 23.6. The van der Waals surface area contributed by atoms with Crippen molar-refractivity contribution in [1.82, 2.24) is 15.5 Å². The summed E-state index contributed by atoms with van der Waals surface area (Å²) in [6.07, 6.45) is 1.83. The third-order valence-corrected chi connectivity index (χ3v) is 5.10. The van der Waals surface area contributed by atoms with Gasteiger partial charge in [0.15, 0.2) is 0 Å². The fraction of sp³-hybridized carbons (Fsp3) is 0.280. The Morgan fingerprint density at radius 2 is 1.76 bits per heavy atom. The normalized spacial score (nSPS) is 16.0. The van der Waals surface area contributed by atoms with Gasteiger partial charge in [-0.2, -0.15) is 0 Å². The summed E-state index contributed by atoms with van der Waals surface area (Å²) in [7, 11) is 0. The molecule has 1 atom stereocenters. The van der Waals surface area contributed by atoms with Crippen molar-refractivity contribution in [3.63, 3.8) is 0 Å². The minimum absolute atomic E-state index is 0.0332. The molecule has 0 saturated carbocycles. The van der Waals surface area contributed by atoms with Crippen LogP contribution in [0.1, 0.15) is 24.5 Å². The lowest BCUT2D eigenvalue weighted by Crippen LogP contribution is -2.58. The monoisotopic (exact) mass is 449 g/mol. The molecule has 0 spiro atoms. The first kappa shape index (κ1) is 23.7. The van der Waals surface area contributed by atoms with E-state index in [2.05, 4.69) is 10.6 Å². The smallest absolute Gasteiger partial charge is 0.308 e. The van der Waals surface area contributed by atoms with E-state index in [9.17, 15) is 19.2 Å². The van der Waals surface area contributed by atoms with Crippen LogP contribution in [0.15, 0.2) is 66.4 Å². The maximum absolute atomic E-state index is 13.3. The highest BCUT2D eigenvalue weighted by Crippen LogP contribution is 2.15. The third kappa shape index (κ3) is 7.03. The van der Waals surface area contributed by atoms with Crippen molar-refractivity contribution >= 4 is 29.8 Å². The van der Waals surface area contributed by atoms with E-state index in [4.69, 9.17) is 4.74 Å². The highest BCUT2D eigenvalue weighted by atomic mass is 16.5. The van der Waals surface area contributed by atoms with Crippen molar-refractivity contribution < 1.29 is 23.9 Å². The zero-order valence-corrected chi connectivity index (χ0v) is 18.5. The Morgan fingerprint density at radius 3 is 2.42 bits per heavy atom. The number of rotatable bonds is 8. The van der Waals surface area contributed by atoms with Crippen LogP contribution in [-0.2, 0) is 30.3 Å². The Labute approximate surface area is 192 Å². The summed E-state index contributed by atoms with van der Waals surface area (Å²) in [5.41, 5.74) is 1.78. The maximum atomic E-state index is 13.3. The van der Waals surface area contributed by atoms with Gasteiger partial charge in [0, 0.05) is 26.4 Å². The van der Waals surface area contributed by atoms with Crippen molar-refractivity contribution in [3.05, 3.63) is 77.5 Å². The van der Waals surface area contributed by atoms with Gasteiger partial charge in [0.05, 0.1) is 13.0 Å². The van der Waals surface area contributed by atoms with Gasteiger partial charge in [-0.05, 0) is 17.2 Å². The molecule has 2 aromatic carbocycles. The topological polar surface area (TPSA) is 105 Å². The van der Waals surface area contributed by atoms with Crippen LogP contribution in [0.4, 0.5) is 0 Å². The maximum Gasteiger partial charge on any atom is 0.308 e. The molecule has 1 fully saturated rings. The molecule has 1 aliphatic rings. The van der Waals surface area contributed by atoms with Crippen LogP contribution in [0.25, 0.3) is 6.08 Å². The first-order valence-electron chi connectivity index (χ1n) is 10.8. The zero-order valence-electron chi connectivity index (χ0n) is 18.5. The SMILES string of the molecule is CC(=O)NC(=Cc1ccccc1)C(=O)N1CCNC(=O)C1CC(=O)OCCc1ccccc1. The van der Waals surface area contributed by atoms with Gasteiger partial charge in [-0.3, -0.25) is 19.2 Å². The second-order valence-corrected chi connectivity index (χ2v) is 7.62. The Bertz CT molecular complexity index is 1020. The predicted octanol–water partition coefficient (Wildman–Crippen LogP) is 1.67. The van der Waals surface area contributed by atoms with Gasteiger partial charge in [0.25, 0.3) is 5.91 Å². The highest BCUT2D eigenvalue weighted by Gasteiger charge is 2.36. The van der Waals surface area contributed by atoms with E-state index in [1.807, 2.05) is 48.5 Å². The van der Waals surface area contributed by atoms with Gasteiger partial charge in [0.1, 0.15) is 11.7 Å². The number of amides is 3. The van der Waals surface area contributed by atoms with Gasteiger partial charge in [-0.15, -0.1) is 0 Å². The largest absolute Gasteiger partial charge is 0.465 e. The third-order valence-electron chi connectivity index (χ3n) is 5.10. The molecule has 0 bridgehead atoms. The summed E-state index contributed by atoms with van der Waals surface area (Å²) in [4.78, 5) is 51.3. The number of piperazine rings is 1. The number of esters is 1. The summed E-state index contributed by atoms with van der Waals surface area (Å²) in [6, 6.07) is 17.6. The molecule has 2 N–H and O–H groups in total. The van der Waals surface area contributed by atoms with Crippen molar-refractivity contribution in [3.8, 4) is 0 Å². The number of benzene rings is 2. The van der Waals surface area contributed by atoms with E-state index in [1.165, 1.54) is 11.8 Å². The molecule has 3 amide bonds. The minimum Gasteiger partial charge on any atom is -0.465 e.